The van der Waals surface area contributed by atoms with Crippen LogP contribution in [0.3, 0.4) is 0 Å². The van der Waals surface area contributed by atoms with Crippen LogP contribution in [0.5, 0.6) is 0 Å². The van der Waals surface area contributed by atoms with E-state index in [1.54, 1.807) is 18.4 Å². The molecule has 1 aliphatic heterocycles. The molecule has 2 rings (SSSR count). The Balaban J connectivity index is 2.09. The first kappa shape index (κ1) is 16.7. The van der Waals surface area contributed by atoms with Gasteiger partial charge in [0.15, 0.2) is 5.13 Å². The number of hydrogen-bond donors (Lipinski definition) is 1. The van der Waals surface area contributed by atoms with Gasteiger partial charge in [0.1, 0.15) is 0 Å². The minimum Gasteiger partial charge on any atom is -0.378 e. The number of anilines is 1. The van der Waals surface area contributed by atoms with Gasteiger partial charge < -0.3 is 19.7 Å². The monoisotopic (exact) mass is 313 g/mol. The van der Waals surface area contributed by atoms with Crippen molar-refractivity contribution in [2.45, 2.75) is 52.6 Å². The molecule has 0 amide bonds. The lowest BCUT2D eigenvalue weighted by molar-refractivity contribution is -0.00524. The Hall–Kier alpha value is -0.690. The van der Waals surface area contributed by atoms with Gasteiger partial charge in [-0.25, -0.2) is 4.98 Å². The highest BCUT2D eigenvalue weighted by Crippen LogP contribution is 2.29. The molecule has 0 radical (unpaired) electrons. The van der Waals surface area contributed by atoms with Crippen molar-refractivity contribution in [3.8, 4) is 0 Å². The lowest BCUT2D eigenvalue weighted by Gasteiger charge is -2.35. The van der Waals surface area contributed by atoms with Crippen molar-refractivity contribution >= 4 is 16.5 Å². The molecular weight excluding hydrogens is 286 g/mol. The zero-order chi connectivity index (χ0) is 15.2. The summed E-state index contributed by atoms with van der Waals surface area (Å²) in [5.41, 5.74) is 1.06. The molecule has 0 unspecified atom stereocenters. The molecule has 0 aromatic carbocycles. The summed E-state index contributed by atoms with van der Waals surface area (Å²) >= 11 is 1.78. The summed E-state index contributed by atoms with van der Waals surface area (Å²) in [5.74, 6) is 0. The van der Waals surface area contributed by atoms with Crippen LogP contribution in [0.4, 0.5) is 5.13 Å². The van der Waals surface area contributed by atoms with Gasteiger partial charge in [-0.1, -0.05) is 6.92 Å². The fourth-order valence-electron chi connectivity index (χ4n) is 2.61. The number of rotatable bonds is 7. The summed E-state index contributed by atoms with van der Waals surface area (Å²) in [6.45, 7) is 10.7. The van der Waals surface area contributed by atoms with Crippen molar-refractivity contribution in [3.05, 3.63) is 10.6 Å². The van der Waals surface area contributed by atoms with E-state index in [9.17, 15) is 0 Å². The first-order chi connectivity index (χ1) is 10.1. The third kappa shape index (κ3) is 4.64. The van der Waals surface area contributed by atoms with Crippen molar-refractivity contribution < 1.29 is 9.47 Å². The van der Waals surface area contributed by atoms with E-state index < -0.39 is 0 Å². The summed E-state index contributed by atoms with van der Waals surface area (Å²) in [4.78, 5) is 8.42. The van der Waals surface area contributed by atoms with E-state index in [1.165, 1.54) is 4.88 Å². The van der Waals surface area contributed by atoms with Crippen LogP contribution in [-0.2, 0) is 22.6 Å². The van der Waals surface area contributed by atoms with Crippen LogP contribution in [0.25, 0.3) is 0 Å². The van der Waals surface area contributed by atoms with Gasteiger partial charge in [0.05, 0.1) is 24.5 Å². The lowest BCUT2D eigenvalue weighted by atomic mass is 10.2. The molecule has 1 saturated heterocycles. The second-order valence-corrected chi connectivity index (χ2v) is 6.70. The van der Waals surface area contributed by atoms with Crippen LogP contribution in [0.1, 0.15) is 37.8 Å². The zero-order valence-corrected chi connectivity index (χ0v) is 14.3. The van der Waals surface area contributed by atoms with Crippen LogP contribution < -0.4 is 10.2 Å². The number of ether oxygens (including phenoxy) is 2. The van der Waals surface area contributed by atoms with E-state index in [0.29, 0.717) is 6.61 Å². The van der Waals surface area contributed by atoms with Crippen molar-refractivity contribution in [2.75, 3.05) is 31.6 Å². The molecule has 1 aliphatic rings. The third-order valence-corrected chi connectivity index (χ3v) is 4.61. The van der Waals surface area contributed by atoms with Gasteiger partial charge in [0.2, 0.25) is 0 Å². The first-order valence-electron chi connectivity index (χ1n) is 7.72. The highest BCUT2D eigenvalue weighted by molar-refractivity contribution is 7.15. The highest BCUT2D eigenvalue weighted by Gasteiger charge is 2.25. The molecule has 1 aromatic heterocycles. The maximum Gasteiger partial charge on any atom is 0.186 e. The Morgan fingerprint density at radius 3 is 2.71 bits per heavy atom. The van der Waals surface area contributed by atoms with E-state index in [-0.39, 0.29) is 12.2 Å². The molecule has 0 bridgehead atoms. The van der Waals surface area contributed by atoms with E-state index in [1.807, 2.05) is 0 Å². The fraction of sp³-hybridized carbons (Fsp3) is 0.800. The second kappa shape index (κ2) is 8.08. The number of hydrogen-bond acceptors (Lipinski definition) is 6. The normalized spacial score (nSPS) is 22.8. The van der Waals surface area contributed by atoms with E-state index in [0.717, 1.165) is 43.4 Å². The lowest BCUT2D eigenvalue weighted by Crippen LogP contribution is -2.45. The Labute approximate surface area is 131 Å². The molecule has 0 spiro atoms. The molecule has 2 atom stereocenters. The highest BCUT2D eigenvalue weighted by atomic mass is 32.1. The molecule has 1 fully saturated rings. The van der Waals surface area contributed by atoms with Crippen LogP contribution in [0.2, 0.25) is 0 Å². The predicted molar refractivity (Wildman–Crippen MR) is 87.0 cm³/mol. The van der Waals surface area contributed by atoms with Crippen LogP contribution in [0.15, 0.2) is 0 Å². The van der Waals surface area contributed by atoms with Crippen molar-refractivity contribution in [2.24, 2.45) is 0 Å². The average molecular weight is 313 g/mol. The van der Waals surface area contributed by atoms with Crippen LogP contribution in [0, 0.1) is 0 Å². The number of nitrogens with zero attached hydrogens (tertiary/aromatic N) is 2. The number of nitrogens with one attached hydrogen (secondary N) is 1. The van der Waals surface area contributed by atoms with E-state index in [4.69, 9.17) is 14.5 Å². The second-order valence-electron chi connectivity index (χ2n) is 5.64. The third-order valence-electron chi connectivity index (χ3n) is 3.45. The van der Waals surface area contributed by atoms with Gasteiger partial charge >= 0.3 is 0 Å². The van der Waals surface area contributed by atoms with Gasteiger partial charge in [-0.2, -0.15) is 0 Å². The summed E-state index contributed by atoms with van der Waals surface area (Å²) in [5, 5.41) is 4.55. The summed E-state index contributed by atoms with van der Waals surface area (Å²) in [6.07, 6.45) is 1.65. The molecular formula is C15H27N3O2S. The Kier molecular flexibility index (Phi) is 6.41. The maximum atomic E-state index is 5.80. The van der Waals surface area contributed by atoms with E-state index >= 15 is 0 Å². The van der Waals surface area contributed by atoms with Crippen molar-refractivity contribution in [1.82, 2.24) is 10.3 Å². The number of thiazole rings is 1. The maximum absolute atomic E-state index is 5.80. The summed E-state index contributed by atoms with van der Waals surface area (Å²) in [6, 6.07) is 0. The Morgan fingerprint density at radius 2 is 2.10 bits per heavy atom. The minimum absolute atomic E-state index is 0.255. The Morgan fingerprint density at radius 1 is 1.38 bits per heavy atom. The molecule has 120 valence electrons. The molecule has 1 aromatic rings. The predicted octanol–water partition coefficient (Wildman–Crippen LogP) is 2.40. The standard InChI is InChI=1S/C15H27N3O2S/c1-5-6-16-7-14-13(10-19-4)17-15(21-14)18-8-11(2)20-12(3)9-18/h11-12,16H,5-10H2,1-4H3/t11-,12+. The number of aromatic nitrogens is 1. The zero-order valence-electron chi connectivity index (χ0n) is 13.5. The van der Waals surface area contributed by atoms with Gasteiger partial charge in [-0.05, 0) is 26.8 Å². The van der Waals surface area contributed by atoms with E-state index in [2.05, 4.69) is 31.0 Å². The molecule has 0 aliphatic carbocycles. The molecule has 21 heavy (non-hydrogen) atoms. The van der Waals surface area contributed by atoms with Crippen molar-refractivity contribution in [1.29, 1.82) is 0 Å². The SMILES string of the molecule is CCCNCc1sc(N2C[C@@H](C)O[C@@H](C)C2)nc1COC. The fourth-order valence-corrected chi connectivity index (χ4v) is 3.66. The van der Waals surface area contributed by atoms with Crippen molar-refractivity contribution in [3.63, 3.8) is 0 Å². The van der Waals surface area contributed by atoms with Gasteiger partial charge in [-0.15, -0.1) is 11.3 Å². The first-order valence-corrected chi connectivity index (χ1v) is 8.54. The summed E-state index contributed by atoms with van der Waals surface area (Å²) in [7, 11) is 1.72. The van der Waals surface area contributed by atoms with Gasteiger partial charge in [-0.3, -0.25) is 0 Å². The average Bonchev–Trinajstić information content (AvgIpc) is 2.82. The number of morpholine rings is 1. The molecule has 2 heterocycles. The van der Waals surface area contributed by atoms with Crippen LogP contribution in [-0.4, -0.2) is 43.9 Å². The number of methoxy groups -OCH3 is 1. The quantitative estimate of drug-likeness (QED) is 0.783. The molecule has 1 N–H and O–H groups in total. The molecule has 5 nitrogen and oxygen atoms in total. The molecule has 0 saturated carbocycles. The van der Waals surface area contributed by atoms with Gasteiger partial charge in [0, 0.05) is 31.6 Å². The summed E-state index contributed by atoms with van der Waals surface area (Å²) < 4.78 is 11.1. The molecule has 6 heteroatoms. The van der Waals surface area contributed by atoms with Crippen LogP contribution >= 0.6 is 11.3 Å². The topological polar surface area (TPSA) is 46.6 Å². The Bertz CT molecular complexity index is 429. The van der Waals surface area contributed by atoms with Gasteiger partial charge in [0.25, 0.3) is 0 Å². The minimum atomic E-state index is 0.255. The largest absolute Gasteiger partial charge is 0.378 e. The smallest absolute Gasteiger partial charge is 0.186 e.